The van der Waals surface area contributed by atoms with Crippen LogP contribution in [0, 0.1) is 20.8 Å². The van der Waals surface area contributed by atoms with E-state index in [0.29, 0.717) is 24.5 Å². The van der Waals surface area contributed by atoms with E-state index in [-0.39, 0.29) is 22.2 Å². The lowest BCUT2D eigenvalue weighted by molar-refractivity contribution is 0.0788. The molecule has 1 aliphatic heterocycles. The summed E-state index contributed by atoms with van der Waals surface area (Å²) in [5.74, 6) is 0.0111. The number of likely N-dealkylation sites (tertiary alicyclic amines) is 1. The number of sulfonamides is 1. The third kappa shape index (κ3) is 3.21. The summed E-state index contributed by atoms with van der Waals surface area (Å²) in [6, 6.07) is 3.39. The summed E-state index contributed by atoms with van der Waals surface area (Å²) >= 11 is 0. The number of nitrogens with zero attached hydrogens (tertiary/aromatic N) is 3. The van der Waals surface area contributed by atoms with E-state index in [4.69, 9.17) is 0 Å². The standard InChI is InChI=1S/C18H24N4O3S/c1-12-7-8-15(19-11-12)20-26(24,25)17-14(3)21(4)13(2)16(17)18(23)22-9-5-6-10-22/h7-8,11H,5-6,9-10H2,1-4H3,(H,19,20). The highest BCUT2D eigenvalue weighted by Crippen LogP contribution is 2.29. The van der Waals surface area contributed by atoms with Crippen molar-refractivity contribution >= 4 is 21.7 Å². The van der Waals surface area contributed by atoms with Crippen LogP contribution >= 0.6 is 0 Å². The molecule has 0 radical (unpaired) electrons. The Bertz CT molecular complexity index is 940. The largest absolute Gasteiger partial charge is 0.350 e. The van der Waals surface area contributed by atoms with Crippen LogP contribution in [0.3, 0.4) is 0 Å². The topological polar surface area (TPSA) is 84.3 Å². The first-order valence-corrected chi connectivity index (χ1v) is 10.1. The number of carbonyl (C=O) groups excluding carboxylic acids is 1. The number of anilines is 1. The SMILES string of the molecule is Cc1ccc(NS(=O)(=O)c2c(C(=O)N3CCCC3)c(C)n(C)c2C)nc1. The molecule has 3 rings (SSSR count). The lowest BCUT2D eigenvalue weighted by Crippen LogP contribution is -2.30. The normalized spacial score (nSPS) is 14.7. The molecule has 1 N–H and O–H groups in total. The van der Waals surface area contributed by atoms with Crippen LogP contribution in [0.2, 0.25) is 0 Å². The Kier molecular flexibility index (Phi) is 4.79. The average Bonchev–Trinajstić information content (AvgIpc) is 3.20. The fourth-order valence-electron chi connectivity index (χ4n) is 3.29. The van der Waals surface area contributed by atoms with Gasteiger partial charge in [-0.2, -0.15) is 0 Å². The van der Waals surface area contributed by atoms with E-state index in [2.05, 4.69) is 9.71 Å². The number of carbonyl (C=O) groups is 1. The van der Waals surface area contributed by atoms with Gasteiger partial charge in [0, 0.05) is 37.7 Å². The molecule has 2 aromatic heterocycles. The van der Waals surface area contributed by atoms with Crippen molar-refractivity contribution in [2.75, 3.05) is 17.8 Å². The lowest BCUT2D eigenvalue weighted by atomic mass is 10.2. The summed E-state index contributed by atoms with van der Waals surface area (Å²) in [5, 5.41) is 0. The Morgan fingerprint density at radius 2 is 1.77 bits per heavy atom. The van der Waals surface area contributed by atoms with Gasteiger partial charge in [0.2, 0.25) is 0 Å². The van der Waals surface area contributed by atoms with Crippen LogP contribution in [0.4, 0.5) is 5.82 Å². The first-order chi connectivity index (χ1) is 12.2. The molecule has 1 aliphatic rings. The summed E-state index contributed by atoms with van der Waals surface area (Å²) in [6.07, 6.45) is 3.49. The van der Waals surface area contributed by atoms with Crippen molar-refractivity contribution in [2.24, 2.45) is 7.05 Å². The number of hydrogen-bond donors (Lipinski definition) is 1. The molecule has 8 heteroatoms. The van der Waals surface area contributed by atoms with Gasteiger partial charge in [0.1, 0.15) is 10.7 Å². The molecule has 1 saturated heterocycles. The van der Waals surface area contributed by atoms with E-state index in [1.54, 1.807) is 48.7 Å². The van der Waals surface area contributed by atoms with Crippen molar-refractivity contribution in [1.82, 2.24) is 14.5 Å². The fraction of sp³-hybridized carbons (Fsp3) is 0.444. The molecule has 7 nitrogen and oxygen atoms in total. The molecule has 0 atom stereocenters. The summed E-state index contributed by atoms with van der Waals surface area (Å²) in [7, 11) is -2.17. The Hall–Kier alpha value is -2.35. The lowest BCUT2D eigenvalue weighted by Gasteiger charge is -2.17. The summed E-state index contributed by atoms with van der Waals surface area (Å²) < 4.78 is 30.4. The molecule has 1 amide bonds. The number of hydrogen-bond acceptors (Lipinski definition) is 4. The smallest absolute Gasteiger partial charge is 0.265 e. The number of aromatic nitrogens is 2. The Morgan fingerprint density at radius 1 is 1.12 bits per heavy atom. The minimum Gasteiger partial charge on any atom is -0.350 e. The monoisotopic (exact) mass is 376 g/mol. The zero-order chi connectivity index (χ0) is 19.1. The third-order valence-electron chi connectivity index (χ3n) is 4.95. The van der Waals surface area contributed by atoms with Crippen LogP contribution in [0.1, 0.15) is 40.2 Å². The summed E-state index contributed by atoms with van der Waals surface area (Å²) in [4.78, 5) is 18.9. The van der Waals surface area contributed by atoms with Crippen molar-refractivity contribution in [3.8, 4) is 0 Å². The Balaban J connectivity index is 2.06. The maximum atomic E-state index is 13.1. The van der Waals surface area contributed by atoms with E-state index < -0.39 is 10.0 Å². The molecule has 0 aliphatic carbocycles. The molecular formula is C18H24N4O3S. The van der Waals surface area contributed by atoms with E-state index in [0.717, 1.165) is 18.4 Å². The molecule has 2 aromatic rings. The van der Waals surface area contributed by atoms with Crippen LogP contribution in [0.5, 0.6) is 0 Å². The van der Waals surface area contributed by atoms with Gasteiger partial charge in [-0.15, -0.1) is 0 Å². The quantitative estimate of drug-likeness (QED) is 0.888. The zero-order valence-electron chi connectivity index (χ0n) is 15.5. The Morgan fingerprint density at radius 3 is 2.35 bits per heavy atom. The van der Waals surface area contributed by atoms with Gasteiger partial charge in [0.25, 0.3) is 15.9 Å². The number of nitrogens with one attached hydrogen (secondary N) is 1. The second-order valence-corrected chi connectivity index (χ2v) is 8.38. The van der Waals surface area contributed by atoms with Crippen LogP contribution in [0.15, 0.2) is 23.2 Å². The van der Waals surface area contributed by atoms with Crippen LogP contribution in [-0.2, 0) is 17.1 Å². The van der Waals surface area contributed by atoms with Crippen molar-refractivity contribution < 1.29 is 13.2 Å². The fourth-order valence-corrected chi connectivity index (χ4v) is 4.82. The van der Waals surface area contributed by atoms with Crippen molar-refractivity contribution in [3.63, 3.8) is 0 Å². The molecule has 0 spiro atoms. The first kappa shape index (κ1) is 18.4. The van der Waals surface area contributed by atoms with Gasteiger partial charge in [0.05, 0.1) is 5.56 Å². The van der Waals surface area contributed by atoms with Gasteiger partial charge in [-0.1, -0.05) is 6.07 Å². The van der Waals surface area contributed by atoms with Crippen molar-refractivity contribution in [3.05, 3.63) is 40.8 Å². The number of aryl methyl sites for hydroxylation is 1. The van der Waals surface area contributed by atoms with Crippen LogP contribution < -0.4 is 4.72 Å². The van der Waals surface area contributed by atoms with Crippen molar-refractivity contribution in [1.29, 1.82) is 0 Å². The predicted molar refractivity (Wildman–Crippen MR) is 99.8 cm³/mol. The number of pyridine rings is 1. The van der Waals surface area contributed by atoms with E-state index in [1.165, 1.54) is 0 Å². The van der Waals surface area contributed by atoms with Gasteiger partial charge >= 0.3 is 0 Å². The van der Waals surface area contributed by atoms with E-state index in [9.17, 15) is 13.2 Å². The molecule has 1 fully saturated rings. The molecule has 0 bridgehead atoms. The molecular weight excluding hydrogens is 352 g/mol. The average molecular weight is 376 g/mol. The zero-order valence-corrected chi connectivity index (χ0v) is 16.4. The minimum atomic E-state index is -3.94. The Labute approximate surface area is 154 Å². The molecule has 0 saturated carbocycles. The third-order valence-corrected chi connectivity index (χ3v) is 6.46. The van der Waals surface area contributed by atoms with Gasteiger partial charge < -0.3 is 9.47 Å². The minimum absolute atomic E-state index is 0.0387. The summed E-state index contributed by atoms with van der Waals surface area (Å²) in [5.41, 5.74) is 2.37. The van der Waals surface area contributed by atoms with E-state index in [1.807, 2.05) is 6.92 Å². The maximum absolute atomic E-state index is 13.1. The van der Waals surface area contributed by atoms with E-state index >= 15 is 0 Å². The molecule has 26 heavy (non-hydrogen) atoms. The highest BCUT2D eigenvalue weighted by molar-refractivity contribution is 7.92. The number of amides is 1. The second kappa shape index (κ2) is 6.75. The van der Waals surface area contributed by atoms with Crippen LogP contribution in [0.25, 0.3) is 0 Å². The van der Waals surface area contributed by atoms with Gasteiger partial charge in [-0.05, 0) is 45.2 Å². The molecule has 3 heterocycles. The van der Waals surface area contributed by atoms with Gasteiger partial charge in [0.15, 0.2) is 0 Å². The highest BCUT2D eigenvalue weighted by Gasteiger charge is 2.33. The molecule has 140 valence electrons. The molecule has 0 unspecified atom stereocenters. The predicted octanol–water partition coefficient (Wildman–Crippen LogP) is 2.38. The van der Waals surface area contributed by atoms with Gasteiger partial charge in [-0.3, -0.25) is 9.52 Å². The first-order valence-electron chi connectivity index (χ1n) is 8.63. The van der Waals surface area contributed by atoms with Crippen LogP contribution in [-0.4, -0.2) is 41.9 Å². The van der Waals surface area contributed by atoms with Gasteiger partial charge in [-0.25, -0.2) is 13.4 Å². The highest BCUT2D eigenvalue weighted by atomic mass is 32.2. The number of rotatable bonds is 4. The molecule has 0 aromatic carbocycles. The second-order valence-electron chi connectivity index (χ2n) is 6.76. The maximum Gasteiger partial charge on any atom is 0.265 e. The van der Waals surface area contributed by atoms with Crippen molar-refractivity contribution in [2.45, 2.75) is 38.5 Å². The summed E-state index contributed by atoms with van der Waals surface area (Å²) in [6.45, 7) is 6.70.